The number of hydroxylamine groups is 2. The zero-order chi connectivity index (χ0) is 40.8. The molecule has 8 rings (SSSR count). The Labute approximate surface area is 338 Å². The molecule has 2 aromatic rings. The summed E-state index contributed by atoms with van der Waals surface area (Å²) in [6.45, 7) is 5.06. The lowest BCUT2D eigenvalue weighted by Gasteiger charge is -2.48. The van der Waals surface area contributed by atoms with Crippen LogP contribution >= 0.6 is 0 Å². The van der Waals surface area contributed by atoms with Crippen LogP contribution in [0.2, 0.25) is 0 Å². The van der Waals surface area contributed by atoms with E-state index < -0.39 is 77.1 Å². The van der Waals surface area contributed by atoms with E-state index >= 15 is 0 Å². The molecule has 3 aliphatic heterocycles. The molecular weight excluding hydrogens is 746 g/mol. The largest absolute Gasteiger partial charge is 0.508 e. The van der Waals surface area contributed by atoms with E-state index in [4.69, 9.17) is 23.8 Å². The number of esters is 2. The Balaban J connectivity index is 1.00. The molecule has 3 heterocycles. The summed E-state index contributed by atoms with van der Waals surface area (Å²) >= 11 is 0. The number of hydrogen-bond acceptors (Lipinski definition) is 12. The molecular formula is C44H55N3O11. The molecule has 14 heteroatoms. The summed E-state index contributed by atoms with van der Waals surface area (Å²) in [7, 11) is 0. The first kappa shape index (κ1) is 40.4. The first-order valence-electron chi connectivity index (χ1n) is 20.7. The molecule has 3 saturated heterocycles. The van der Waals surface area contributed by atoms with Crippen molar-refractivity contribution < 1.29 is 53.2 Å². The highest BCUT2D eigenvalue weighted by molar-refractivity contribution is 5.94. The van der Waals surface area contributed by atoms with Crippen molar-refractivity contribution in [2.24, 2.45) is 17.3 Å². The van der Waals surface area contributed by atoms with Crippen LogP contribution in [0.25, 0.3) is 6.08 Å². The predicted molar refractivity (Wildman–Crippen MR) is 208 cm³/mol. The lowest BCUT2D eigenvalue weighted by atomic mass is 9.62. The number of aromatic hydroxyl groups is 1. The maximum atomic E-state index is 14.7. The van der Waals surface area contributed by atoms with E-state index in [0.29, 0.717) is 6.42 Å². The minimum absolute atomic E-state index is 0.0221. The summed E-state index contributed by atoms with van der Waals surface area (Å²) in [4.78, 5) is 60.9. The van der Waals surface area contributed by atoms with Crippen molar-refractivity contribution in [3.8, 4) is 5.75 Å². The van der Waals surface area contributed by atoms with Crippen molar-refractivity contribution in [3.63, 3.8) is 0 Å². The summed E-state index contributed by atoms with van der Waals surface area (Å²) < 4.78 is 25.3. The van der Waals surface area contributed by atoms with Gasteiger partial charge >= 0.3 is 11.9 Å². The Bertz CT molecular complexity index is 1910. The quantitative estimate of drug-likeness (QED) is 0.180. The van der Waals surface area contributed by atoms with Gasteiger partial charge in [-0.15, -0.1) is 0 Å². The molecule has 3 aliphatic carbocycles. The third-order valence-electron chi connectivity index (χ3n) is 12.3. The number of ether oxygens (including phenoxy) is 4. The third kappa shape index (κ3) is 8.01. The van der Waals surface area contributed by atoms with Crippen molar-refractivity contribution in [1.82, 2.24) is 15.7 Å². The number of para-hydroxylation sites is 1. The lowest BCUT2D eigenvalue weighted by molar-refractivity contribution is -0.235. The van der Waals surface area contributed by atoms with Crippen molar-refractivity contribution in [2.45, 2.75) is 133 Å². The molecule has 7 unspecified atom stereocenters. The molecule has 2 aromatic carbocycles. The van der Waals surface area contributed by atoms with Gasteiger partial charge in [0.1, 0.15) is 41.2 Å². The Kier molecular flexibility index (Phi) is 11.2. The number of nitrogens with zero attached hydrogens (tertiary/aromatic N) is 1. The number of amides is 2. The van der Waals surface area contributed by atoms with E-state index in [9.17, 15) is 29.4 Å². The first-order chi connectivity index (χ1) is 27.8. The summed E-state index contributed by atoms with van der Waals surface area (Å²) in [5, 5.41) is 27.4. The van der Waals surface area contributed by atoms with Gasteiger partial charge in [0, 0.05) is 37.6 Å². The molecule has 0 spiro atoms. The van der Waals surface area contributed by atoms with Gasteiger partial charge in [-0.25, -0.2) is 0 Å². The molecule has 2 bridgehead atoms. The highest BCUT2D eigenvalue weighted by atomic mass is 16.8. The Morgan fingerprint density at radius 2 is 1.67 bits per heavy atom. The molecule has 7 atom stereocenters. The van der Waals surface area contributed by atoms with Crippen LogP contribution in [0.4, 0.5) is 0 Å². The second kappa shape index (κ2) is 16.0. The van der Waals surface area contributed by atoms with E-state index in [1.807, 2.05) is 48.6 Å². The predicted octanol–water partition coefficient (Wildman–Crippen LogP) is 3.85. The Hall–Kier alpha value is -4.34. The number of carbonyl (C=O) groups is 4. The van der Waals surface area contributed by atoms with Gasteiger partial charge in [0.05, 0.1) is 19.2 Å². The third-order valence-corrected chi connectivity index (χ3v) is 12.3. The average molecular weight is 802 g/mol. The summed E-state index contributed by atoms with van der Waals surface area (Å²) in [5.74, 6) is -1.95. The van der Waals surface area contributed by atoms with Gasteiger partial charge in [0.25, 0.3) is 0 Å². The fourth-order valence-corrected chi connectivity index (χ4v) is 9.32. The standard InChI is InChI=1S/C44H55N3O11/c1-42(2,3)55-35(51)20-19-31(25-48)46-34(50)21-22-45-41(53)43-23-33-36-37(57-44(56-36,29-15-16-29)30-17-18-30)39(43)58-47(38(43)40(52)54-33)24-28-11-5-4-9-26(28)12-8-13-27-10-6-7-14-32(27)49/h4-12,14,29-31,33,36-39,48-49H,13,15-25H2,1-3H3,(H,45,53)(H,46,50). The van der Waals surface area contributed by atoms with Gasteiger partial charge in [0.15, 0.2) is 11.8 Å². The van der Waals surface area contributed by atoms with Gasteiger partial charge in [-0.2, -0.15) is 5.06 Å². The van der Waals surface area contributed by atoms with Crippen molar-refractivity contribution in [3.05, 3.63) is 71.3 Å². The Morgan fingerprint density at radius 3 is 2.36 bits per heavy atom. The van der Waals surface area contributed by atoms with E-state index in [2.05, 4.69) is 10.6 Å². The molecule has 3 saturated carbocycles. The number of benzene rings is 2. The molecule has 14 nitrogen and oxygen atoms in total. The first-order valence-corrected chi connectivity index (χ1v) is 20.7. The molecule has 6 fully saturated rings. The maximum absolute atomic E-state index is 14.7. The van der Waals surface area contributed by atoms with Crippen LogP contribution in [0, 0.1) is 17.3 Å². The number of allylic oxidation sites excluding steroid dienone is 1. The number of aliphatic hydroxyl groups excluding tert-OH is 1. The fraction of sp³-hybridized carbons (Fsp3) is 0.591. The molecule has 4 N–H and O–H groups in total. The average Bonchev–Trinajstić information content (AvgIpc) is 4.13. The highest BCUT2D eigenvalue weighted by Gasteiger charge is 2.78. The van der Waals surface area contributed by atoms with E-state index in [-0.39, 0.29) is 63.0 Å². The zero-order valence-corrected chi connectivity index (χ0v) is 33.4. The number of fused-ring (bicyclic) bond motifs is 4. The second-order valence-electron chi connectivity index (χ2n) is 17.7. The number of aliphatic hydroxyl groups is 1. The van der Waals surface area contributed by atoms with Gasteiger partial charge in [-0.1, -0.05) is 54.6 Å². The second-order valence-corrected chi connectivity index (χ2v) is 17.7. The zero-order valence-electron chi connectivity index (χ0n) is 33.4. The van der Waals surface area contributed by atoms with Gasteiger partial charge < -0.3 is 39.8 Å². The van der Waals surface area contributed by atoms with Crippen LogP contribution in [-0.4, -0.2) is 100 Å². The van der Waals surface area contributed by atoms with Gasteiger partial charge in [-0.3, -0.25) is 24.0 Å². The van der Waals surface area contributed by atoms with Crippen LogP contribution in [0.1, 0.15) is 88.8 Å². The topological polar surface area (TPSA) is 182 Å². The van der Waals surface area contributed by atoms with Crippen LogP contribution < -0.4 is 10.6 Å². The summed E-state index contributed by atoms with van der Waals surface area (Å²) in [6.07, 6.45) is 5.83. The minimum atomic E-state index is -1.40. The van der Waals surface area contributed by atoms with E-state index in [1.54, 1.807) is 38.0 Å². The Morgan fingerprint density at radius 1 is 0.983 bits per heavy atom. The smallest absolute Gasteiger partial charge is 0.327 e. The van der Waals surface area contributed by atoms with E-state index in [1.165, 1.54) is 0 Å². The number of rotatable bonds is 16. The van der Waals surface area contributed by atoms with Gasteiger partial charge in [0.2, 0.25) is 11.8 Å². The number of carbonyl (C=O) groups excluding carboxylic acids is 4. The van der Waals surface area contributed by atoms with Crippen molar-refractivity contribution in [1.29, 1.82) is 0 Å². The minimum Gasteiger partial charge on any atom is -0.508 e. The number of nitrogens with one attached hydrogen (secondary N) is 2. The van der Waals surface area contributed by atoms with Gasteiger partial charge in [-0.05, 0) is 82.1 Å². The van der Waals surface area contributed by atoms with Crippen LogP contribution in [0.15, 0.2) is 54.6 Å². The van der Waals surface area contributed by atoms with Crippen molar-refractivity contribution in [2.75, 3.05) is 13.2 Å². The molecule has 0 aromatic heterocycles. The monoisotopic (exact) mass is 801 g/mol. The molecule has 58 heavy (non-hydrogen) atoms. The lowest BCUT2D eigenvalue weighted by Crippen LogP contribution is -2.69. The van der Waals surface area contributed by atoms with Crippen LogP contribution in [0.5, 0.6) is 5.75 Å². The van der Waals surface area contributed by atoms with E-state index in [0.717, 1.165) is 42.4 Å². The molecule has 312 valence electrons. The summed E-state index contributed by atoms with van der Waals surface area (Å²) in [6, 6.07) is 13.2. The molecule has 6 aliphatic rings. The maximum Gasteiger partial charge on any atom is 0.327 e. The molecule has 0 radical (unpaired) electrons. The number of phenolic OH excluding ortho intramolecular Hbond substituents is 1. The number of hydrogen-bond donors (Lipinski definition) is 4. The molecule has 2 amide bonds. The summed E-state index contributed by atoms with van der Waals surface area (Å²) in [5.41, 5.74) is 0.484. The van der Waals surface area contributed by atoms with Crippen LogP contribution in [0.3, 0.4) is 0 Å². The van der Waals surface area contributed by atoms with Crippen molar-refractivity contribution >= 4 is 29.8 Å². The van der Waals surface area contributed by atoms with Crippen LogP contribution in [-0.2, 0) is 55.9 Å². The SMILES string of the molecule is CC(C)(C)OC(=O)CCC(CO)NC(=O)CCNC(=O)C12CC3OC(=O)C1N(Cc1ccccc1C=CCc1ccccc1O)OC2C1OC(C2CC2)(C2CC2)OC31. The normalized spacial score (nSPS) is 29.1. The number of phenols is 1. The highest BCUT2D eigenvalue weighted by Crippen LogP contribution is 2.63. The fourth-order valence-electron chi connectivity index (χ4n) is 9.32.